The van der Waals surface area contributed by atoms with E-state index in [-0.39, 0.29) is 17.8 Å². The third-order valence-electron chi connectivity index (χ3n) is 5.40. The summed E-state index contributed by atoms with van der Waals surface area (Å²) in [7, 11) is 0. The molecule has 0 bridgehead atoms. The molecule has 0 radical (unpaired) electrons. The van der Waals surface area contributed by atoms with Crippen LogP contribution in [0.1, 0.15) is 48.5 Å². The number of carbonyl (C=O) groups is 1. The van der Waals surface area contributed by atoms with Crippen LogP contribution in [-0.4, -0.2) is 37.5 Å². The van der Waals surface area contributed by atoms with Crippen LogP contribution in [0.15, 0.2) is 40.9 Å². The summed E-state index contributed by atoms with van der Waals surface area (Å²) in [4.78, 5) is 16.2. The minimum absolute atomic E-state index is 0.0906. The maximum atomic E-state index is 12.9. The van der Waals surface area contributed by atoms with Crippen molar-refractivity contribution in [2.45, 2.75) is 56.7 Å². The molecule has 31 heavy (non-hydrogen) atoms. The number of nitrogens with zero attached hydrogens (tertiary/aromatic N) is 4. The molecule has 4 rings (SSSR count). The van der Waals surface area contributed by atoms with Crippen molar-refractivity contribution < 1.29 is 9.53 Å². The lowest BCUT2D eigenvalue weighted by atomic mass is 10.0. The molecule has 1 amide bonds. The number of carbonyl (C=O) groups excluding carboxylic acids is 1. The second-order valence-corrected chi connectivity index (χ2v) is 10.2. The number of benzene rings is 1. The van der Waals surface area contributed by atoms with Gasteiger partial charge >= 0.3 is 0 Å². The second-order valence-electron chi connectivity index (χ2n) is 7.92. The first-order valence-corrected chi connectivity index (χ1v) is 12.1. The highest BCUT2D eigenvalue weighted by Crippen LogP contribution is 2.28. The first-order chi connectivity index (χ1) is 14.9. The normalized spacial score (nSPS) is 14.5. The van der Waals surface area contributed by atoms with Crippen LogP contribution in [0.3, 0.4) is 0 Å². The maximum absolute atomic E-state index is 12.9. The van der Waals surface area contributed by atoms with Gasteiger partial charge in [0.2, 0.25) is 11.1 Å². The number of amides is 1. The summed E-state index contributed by atoms with van der Waals surface area (Å²) >= 11 is 3.09. The van der Waals surface area contributed by atoms with Crippen LogP contribution in [0.25, 0.3) is 0 Å². The summed E-state index contributed by atoms with van der Waals surface area (Å²) in [6.07, 6.45) is 0.919. The standard InChI is InChI=1S/C22H27N5O2S2/c1-14(2)16-4-6-18(7-5-16)29-13-20-24-25-22(27(20)23)31-15(3)21(28)26-10-8-19-17(12-26)9-11-30-19/h4-7,9,11,14-15H,8,10,12-13,23H2,1-3H3. The number of thioether (sulfide) groups is 1. The fraction of sp³-hybridized carbons (Fsp3) is 0.409. The lowest BCUT2D eigenvalue weighted by Crippen LogP contribution is -2.39. The molecule has 2 N–H and O–H groups in total. The van der Waals surface area contributed by atoms with Crippen LogP contribution >= 0.6 is 23.1 Å². The Morgan fingerprint density at radius 2 is 2.00 bits per heavy atom. The average Bonchev–Trinajstić information content (AvgIpc) is 3.38. The third-order valence-corrected chi connectivity index (χ3v) is 7.47. The molecule has 0 saturated carbocycles. The highest BCUT2D eigenvalue weighted by atomic mass is 32.2. The maximum Gasteiger partial charge on any atom is 0.236 e. The lowest BCUT2D eigenvalue weighted by molar-refractivity contribution is -0.131. The predicted molar refractivity (Wildman–Crippen MR) is 124 cm³/mol. The molecule has 0 fully saturated rings. The van der Waals surface area contributed by atoms with E-state index in [0.717, 1.165) is 18.7 Å². The molecule has 1 aromatic carbocycles. The lowest BCUT2D eigenvalue weighted by Gasteiger charge is -2.29. The summed E-state index contributed by atoms with van der Waals surface area (Å²) in [6.45, 7) is 7.83. The molecule has 164 valence electrons. The number of aromatic nitrogens is 3. The first kappa shape index (κ1) is 21.7. The van der Waals surface area contributed by atoms with Crippen LogP contribution in [-0.2, 0) is 24.4 Å². The van der Waals surface area contributed by atoms with Crippen LogP contribution in [0.4, 0.5) is 0 Å². The van der Waals surface area contributed by atoms with E-state index in [1.165, 1.54) is 32.4 Å². The molecule has 1 aliphatic rings. The zero-order valence-corrected chi connectivity index (χ0v) is 19.6. The molecule has 3 aromatic rings. The average molecular weight is 458 g/mol. The van der Waals surface area contributed by atoms with E-state index >= 15 is 0 Å². The number of thiophene rings is 1. The van der Waals surface area contributed by atoms with Gasteiger partial charge in [0.05, 0.1) is 5.25 Å². The van der Waals surface area contributed by atoms with Gasteiger partial charge in [-0.3, -0.25) is 4.79 Å². The summed E-state index contributed by atoms with van der Waals surface area (Å²) in [5.41, 5.74) is 2.51. The molecular weight excluding hydrogens is 430 g/mol. The van der Waals surface area contributed by atoms with Gasteiger partial charge in [0.1, 0.15) is 12.4 Å². The van der Waals surface area contributed by atoms with E-state index < -0.39 is 0 Å². The Labute approximate surface area is 190 Å². The Bertz CT molecular complexity index is 1040. The highest BCUT2D eigenvalue weighted by Gasteiger charge is 2.27. The van der Waals surface area contributed by atoms with Crippen molar-refractivity contribution in [2.24, 2.45) is 0 Å². The van der Waals surface area contributed by atoms with Crippen molar-refractivity contribution in [2.75, 3.05) is 12.4 Å². The fourth-order valence-corrected chi connectivity index (χ4v) is 5.25. The Morgan fingerprint density at radius 3 is 2.74 bits per heavy atom. The molecular formula is C22H27N5O2S2. The number of hydrogen-bond acceptors (Lipinski definition) is 7. The van der Waals surface area contributed by atoms with Gasteiger partial charge in [0.15, 0.2) is 5.82 Å². The number of fused-ring (bicyclic) bond motifs is 1. The van der Waals surface area contributed by atoms with Gasteiger partial charge in [-0.2, -0.15) is 0 Å². The Morgan fingerprint density at radius 1 is 1.23 bits per heavy atom. The second kappa shape index (κ2) is 9.32. The van der Waals surface area contributed by atoms with E-state index in [9.17, 15) is 4.79 Å². The zero-order valence-electron chi connectivity index (χ0n) is 17.9. The van der Waals surface area contributed by atoms with Gasteiger partial charge in [-0.05, 0) is 54.0 Å². The number of nitrogen functional groups attached to an aromatic ring is 1. The molecule has 9 heteroatoms. The fourth-order valence-electron chi connectivity index (χ4n) is 3.49. The number of hydrogen-bond donors (Lipinski definition) is 1. The molecule has 0 saturated heterocycles. The molecule has 3 heterocycles. The molecule has 1 atom stereocenters. The minimum atomic E-state index is -0.302. The quantitative estimate of drug-likeness (QED) is 0.429. The summed E-state index contributed by atoms with van der Waals surface area (Å²) in [6, 6.07) is 10.1. The highest BCUT2D eigenvalue weighted by molar-refractivity contribution is 8.00. The van der Waals surface area contributed by atoms with Crippen molar-refractivity contribution in [1.29, 1.82) is 0 Å². The van der Waals surface area contributed by atoms with E-state index in [2.05, 4.69) is 47.6 Å². The topological polar surface area (TPSA) is 86.3 Å². The molecule has 7 nitrogen and oxygen atoms in total. The Balaban J connectivity index is 1.34. The van der Waals surface area contributed by atoms with E-state index in [4.69, 9.17) is 10.6 Å². The number of rotatable bonds is 7. The zero-order chi connectivity index (χ0) is 22.0. The van der Waals surface area contributed by atoms with Crippen molar-refractivity contribution in [1.82, 2.24) is 19.8 Å². The van der Waals surface area contributed by atoms with Gasteiger partial charge in [-0.25, -0.2) is 4.68 Å². The number of ether oxygens (including phenoxy) is 1. The van der Waals surface area contributed by atoms with Crippen LogP contribution in [0.5, 0.6) is 5.75 Å². The molecule has 0 spiro atoms. The van der Waals surface area contributed by atoms with Crippen molar-refractivity contribution in [3.05, 3.63) is 57.5 Å². The predicted octanol–water partition coefficient (Wildman–Crippen LogP) is 3.82. The summed E-state index contributed by atoms with van der Waals surface area (Å²) < 4.78 is 7.21. The SMILES string of the molecule is CC(Sc1nnc(COc2ccc(C(C)C)cc2)n1N)C(=O)N1CCc2sccc2C1. The van der Waals surface area contributed by atoms with Crippen LogP contribution in [0.2, 0.25) is 0 Å². The summed E-state index contributed by atoms with van der Waals surface area (Å²) in [5, 5.41) is 10.6. The van der Waals surface area contributed by atoms with E-state index in [1.54, 1.807) is 11.3 Å². The molecule has 2 aromatic heterocycles. The van der Waals surface area contributed by atoms with Gasteiger partial charge in [-0.1, -0.05) is 37.7 Å². The minimum Gasteiger partial charge on any atom is -0.486 e. The van der Waals surface area contributed by atoms with Crippen LogP contribution < -0.4 is 10.6 Å². The van der Waals surface area contributed by atoms with Gasteiger partial charge in [0.25, 0.3) is 0 Å². The Kier molecular flexibility index (Phi) is 6.52. The summed E-state index contributed by atoms with van der Waals surface area (Å²) in [5.74, 6) is 8.00. The van der Waals surface area contributed by atoms with Gasteiger partial charge < -0.3 is 15.5 Å². The van der Waals surface area contributed by atoms with Crippen molar-refractivity contribution in [3.63, 3.8) is 0 Å². The Hall–Kier alpha value is -2.52. The van der Waals surface area contributed by atoms with Gasteiger partial charge in [-0.15, -0.1) is 21.5 Å². The third kappa shape index (κ3) is 4.88. The largest absolute Gasteiger partial charge is 0.486 e. The molecule has 1 aliphatic heterocycles. The molecule has 1 unspecified atom stereocenters. The van der Waals surface area contributed by atoms with Crippen LogP contribution in [0, 0.1) is 0 Å². The monoisotopic (exact) mass is 457 g/mol. The smallest absolute Gasteiger partial charge is 0.236 e. The van der Waals surface area contributed by atoms with E-state index in [1.807, 2.05) is 24.0 Å². The first-order valence-electron chi connectivity index (χ1n) is 10.3. The van der Waals surface area contributed by atoms with Crippen molar-refractivity contribution in [3.8, 4) is 5.75 Å². The van der Waals surface area contributed by atoms with E-state index in [0.29, 0.717) is 23.4 Å². The number of nitrogens with two attached hydrogens (primary N) is 1. The molecule has 0 aliphatic carbocycles. The van der Waals surface area contributed by atoms with Gasteiger partial charge in [0, 0.05) is 18.0 Å². The van der Waals surface area contributed by atoms with Crippen molar-refractivity contribution >= 4 is 29.0 Å².